The second-order valence-electron chi connectivity index (χ2n) is 3.38. The van der Waals surface area contributed by atoms with E-state index in [4.69, 9.17) is 10.5 Å². The van der Waals surface area contributed by atoms with Gasteiger partial charge in [-0.3, -0.25) is 0 Å². The highest BCUT2D eigenvalue weighted by atomic mass is 16.5. The number of anilines is 2. The first-order valence-electron chi connectivity index (χ1n) is 4.70. The Balaban J connectivity index is 2.25. The minimum absolute atomic E-state index is 0.308. The van der Waals surface area contributed by atoms with Crippen LogP contribution in [0.2, 0.25) is 0 Å². The van der Waals surface area contributed by atoms with Crippen LogP contribution in [0.1, 0.15) is 6.92 Å². The van der Waals surface area contributed by atoms with E-state index in [0.29, 0.717) is 11.9 Å². The van der Waals surface area contributed by atoms with Crippen molar-refractivity contribution in [2.45, 2.75) is 13.0 Å². The molecule has 1 atom stereocenters. The monoisotopic (exact) mass is 194 g/mol. The van der Waals surface area contributed by atoms with Crippen molar-refractivity contribution in [2.75, 3.05) is 30.4 Å². The van der Waals surface area contributed by atoms with Crippen molar-refractivity contribution in [2.24, 2.45) is 0 Å². The molecule has 1 aromatic rings. The minimum atomic E-state index is 0.308. The molecule has 0 bridgehead atoms. The highest BCUT2D eigenvalue weighted by Crippen LogP contribution is 2.20. The molecule has 0 amide bonds. The molecule has 1 aliphatic rings. The molecule has 1 fully saturated rings. The van der Waals surface area contributed by atoms with Gasteiger partial charge in [-0.25, -0.2) is 9.97 Å². The van der Waals surface area contributed by atoms with Crippen LogP contribution in [0.15, 0.2) is 12.4 Å². The first-order valence-corrected chi connectivity index (χ1v) is 4.70. The fourth-order valence-electron chi connectivity index (χ4n) is 1.60. The van der Waals surface area contributed by atoms with E-state index in [1.165, 1.54) is 0 Å². The van der Waals surface area contributed by atoms with Crippen molar-refractivity contribution in [3.05, 3.63) is 12.4 Å². The number of hydrogen-bond donors (Lipinski definition) is 1. The number of nitrogen functional groups attached to an aromatic ring is 1. The third-order valence-electron chi connectivity index (χ3n) is 2.35. The maximum absolute atomic E-state index is 5.76. The van der Waals surface area contributed by atoms with Gasteiger partial charge in [0.2, 0.25) is 0 Å². The van der Waals surface area contributed by atoms with Crippen molar-refractivity contribution in [1.82, 2.24) is 9.97 Å². The quantitative estimate of drug-likeness (QED) is 0.695. The summed E-state index contributed by atoms with van der Waals surface area (Å²) in [6.07, 6.45) is 3.26. The molecule has 0 radical (unpaired) electrons. The Morgan fingerprint density at radius 2 is 2.29 bits per heavy atom. The summed E-state index contributed by atoms with van der Waals surface area (Å²) in [6, 6.07) is 0.308. The fraction of sp³-hybridized carbons (Fsp3) is 0.556. The summed E-state index contributed by atoms with van der Waals surface area (Å²) >= 11 is 0. The standard InChI is InChI=1S/C9H14N4O/c1-7-6-14-5-4-13(7)9-8(10)11-2-3-12-9/h2-3,7H,4-6H2,1H3,(H2,10,11). The summed E-state index contributed by atoms with van der Waals surface area (Å²) in [6.45, 7) is 4.35. The highest BCUT2D eigenvalue weighted by molar-refractivity contribution is 5.57. The predicted octanol–water partition coefficient (Wildman–Crippen LogP) is 0.284. The Labute approximate surface area is 82.9 Å². The minimum Gasteiger partial charge on any atom is -0.381 e. The molecule has 1 aliphatic heterocycles. The van der Waals surface area contributed by atoms with Gasteiger partial charge in [0.25, 0.3) is 0 Å². The Morgan fingerprint density at radius 1 is 1.50 bits per heavy atom. The van der Waals surface area contributed by atoms with Crippen LogP contribution in [0.25, 0.3) is 0 Å². The first kappa shape index (κ1) is 9.21. The van der Waals surface area contributed by atoms with Crippen molar-refractivity contribution < 1.29 is 4.74 Å². The Bertz CT molecular complexity index is 317. The average molecular weight is 194 g/mol. The molecule has 14 heavy (non-hydrogen) atoms. The lowest BCUT2D eigenvalue weighted by Gasteiger charge is -2.34. The summed E-state index contributed by atoms with van der Waals surface area (Å²) in [4.78, 5) is 10.4. The smallest absolute Gasteiger partial charge is 0.171 e. The molecule has 2 N–H and O–H groups in total. The van der Waals surface area contributed by atoms with Crippen LogP contribution in [0.4, 0.5) is 11.6 Å². The van der Waals surface area contributed by atoms with Gasteiger partial charge < -0.3 is 15.4 Å². The van der Waals surface area contributed by atoms with Crippen LogP contribution >= 0.6 is 0 Å². The lowest BCUT2D eigenvalue weighted by molar-refractivity contribution is 0.0986. The van der Waals surface area contributed by atoms with Gasteiger partial charge in [0.15, 0.2) is 11.6 Å². The van der Waals surface area contributed by atoms with Gasteiger partial charge in [0.1, 0.15) is 0 Å². The lowest BCUT2D eigenvalue weighted by Crippen LogP contribution is -2.44. The molecule has 1 unspecified atom stereocenters. The normalized spacial score (nSPS) is 22.4. The number of hydrogen-bond acceptors (Lipinski definition) is 5. The molecule has 5 heteroatoms. The zero-order valence-corrected chi connectivity index (χ0v) is 8.18. The van der Waals surface area contributed by atoms with Gasteiger partial charge in [-0.15, -0.1) is 0 Å². The molecular weight excluding hydrogens is 180 g/mol. The van der Waals surface area contributed by atoms with E-state index in [1.54, 1.807) is 12.4 Å². The third-order valence-corrected chi connectivity index (χ3v) is 2.35. The van der Waals surface area contributed by atoms with Crippen LogP contribution in [-0.4, -0.2) is 35.8 Å². The van der Waals surface area contributed by atoms with E-state index < -0.39 is 0 Å². The van der Waals surface area contributed by atoms with E-state index in [1.807, 2.05) is 0 Å². The lowest BCUT2D eigenvalue weighted by atomic mass is 10.2. The highest BCUT2D eigenvalue weighted by Gasteiger charge is 2.21. The van der Waals surface area contributed by atoms with E-state index in [0.717, 1.165) is 25.6 Å². The van der Waals surface area contributed by atoms with Gasteiger partial charge in [0, 0.05) is 18.9 Å². The first-order chi connectivity index (χ1) is 6.79. The SMILES string of the molecule is CC1COCCN1c1nccnc1N. The zero-order valence-electron chi connectivity index (χ0n) is 8.18. The molecule has 0 saturated carbocycles. The molecular formula is C9H14N4O. The number of morpholine rings is 1. The second kappa shape index (κ2) is 3.79. The van der Waals surface area contributed by atoms with Crippen molar-refractivity contribution in [3.63, 3.8) is 0 Å². The number of rotatable bonds is 1. The molecule has 0 aromatic carbocycles. The Hall–Kier alpha value is -1.36. The second-order valence-corrected chi connectivity index (χ2v) is 3.38. The number of nitrogens with zero attached hydrogens (tertiary/aromatic N) is 3. The molecule has 0 spiro atoms. The van der Waals surface area contributed by atoms with Crippen LogP contribution in [-0.2, 0) is 4.74 Å². The molecule has 76 valence electrons. The third kappa shape index (κ3) is 1.63. The van der Waals surface area contributed by atoms with Gasteiger partial charge in [0.05, 0.1) is 19.3 Å². The largest absolute Gasteiger partial charge is 0.381 e. The van der Waals surface area contributed by atoms with E-state index in [-0.39, 0.29) is 0 Å². The van der Waals surface area contributed by atoms with Crippen LogP contribution in [0.3, 0.4) is 0 Å². The van der Waals surface area contributed by atoms with Gasteiger partial charge in [-0.05, 0) is 6.92 Å². The molecule has 2 heterocycles. The summed E-state index contributed by atoms with van der Waals surface area (Å²) in [5, 5.41) is 0. The molecule has 2 rings (SSSR count). The van der Waals surface area contributed by atoms with E-state index in [2.05, 4.69) is 21.8 Å². The van der Waals surface area contributed by atoms with Crippen LogP contribution < -0.4 is 10.6 Å². The summed E-state index contributed by atoms with van der Waals surface area (Å²) in [7, 11) is 0. The topological polar surface area (TPSA) is 64.3 Å². The average Bonchev–Trinajstić information content (AvgIpc) is 2.20. The zero-order chi connectivity index (χ0) is 9.97. The van der Waals surface area contributed by atoms with Crippen molar-refractivity contribution >= 4 is 11.6 Å². The van der Waals surface area contributed by atoms with Gasteiger partial charge >= 0.3 is 0 Å². The van der Waals surface area contributed by atoms with E-state index in [9.17, 15) is 0 Å². The number of nitrogens with two attached hydrogens (primary N) is 1. The van der Waals surface area contributed by atoms with Crippen LogP contribution in [0.5, 0.6) is 0 Å². The van der Waals surface area contributed by atoms with Crippen molar-refractivity contribution in [1.29, 1.82) is 0 Å². The number of aromatic nitrogens is 2. The molecule has 1 saturated heterocycles. The maximum Gasteiger partial charge on any atom is 0.171 e. The van der Waals surface area contributed by atoms with Crippen molar-refractivity contribution in [3.8, 4) is 0 Å². The van der Waals surface area contributed by atoms with Gasteiger partial charge in [-0.1, -0.05) is 0 Å². The Kier molecular flexibility index (Phi) is 2.49. The van der Waals surface area contributed by atoms with E-state index >= 15 is 0 Å². The number of ether oxygens (including phenoxy) is 1. The maximum atomic E-state index is 5.76. The molecule has 0 aliphatic carbocycles. The van der Waals surface area contributed by atoms with Gasteiger partial charge in [-0.2, -0.15) is 0 Å². The predicted molar refractivity (Wildman–Crippen MR) is 54.1 cm³/mol. The summed E-state index contributed by atoms with van der Waals surface area (Å²) < 4.78 is 5.34. The summed E-state index contributed by atoms with van der Waals surface area (Å²) in [5.41, 5.74) is 5.76. The molecule has 5 nitrogen and oxygen atoms in total. The molecule has 1 aromatic heterocycles. The fourth-order valence-corrected chi connectivity index (χ4v) is 1.60. The Morgan fingerprint density at radius 3 is 3.00 bits per heavy atom. The van der Waals surface area contributed by atoms with Crippen LogP contribution in [0, 0.1) is 0 Å². The summed E-state index contributed by atoms with van der Waals surface area (Å²) in [5.74, 6) is 1.25.